The summed E-state index contributed by atoms with van der Waals surface area (Å²) in [5.41, 5.74) is 2.37. The number of hydrogen-bond acceptors (Lipinski definition) is 9. The standard InChI is InChI=1S/C18H20ClFN7O3PS.ClH/c1-27-14-9-21-7-11(14)16(26-27)24-18-22-8-12(19)17(25-18)23-13-5-4-10(32(20,29)30)6-15(13)31(2,3)28;/h4-6,8,21H,7,9H2,1-3H3,(H2,22,23,24,25,26);1H. The lowest BCUT2D eigenvalue weighted by atomic mass is 10.3. The zero-order valence-corrected chi connectivity index (χ0v) is 21.0. The maximum Gasteiger partial charge on any atom is 0.332 e. The Morgan fingerprint density at radius 3 is 2.61 bits per heavy atom. The second-order valence-electron chi connectivity index (χ2n) is 7.61. The number of halogens is 3. The van der Waals surface area contributed by atoms with Crippen LogP contribution in [0.5, 0.6) is 0 Å². The molecule has 3 N–H and O–H groups in total. The number of aromatic nitrogens is 4. The predicted octanol–water partition coefficient (Wildman–Crippen LogP) is 3.28. The van der Waals surface area contributed by atoms with E-state index in [1.165, 1.54) is 25.6 Å². The molecule has 33 heavy (non-hydrogen) atoms. The van der Waals surface area contributed by atoms with Crippen LogP contribution >= 0.6 is 31.1 Å². The van der Waals surface area contributed by atoms with Crippen LogP contribution in [-0.4, -0.2) is 41.5 Å². The van der Waals surface area contributed by atoms with Crippen molar-refractivity contribution in [3.05, 3.63) is 40.7 Å². The number of hydrogen-bond donors (Lipinski definition) is 3. The van der Waals surface area contributed by atoms with Gasteiger partial charge in [0.05, 0.1) is 22.5 Å². The van der Waals surface area contributed by atoms with Crippen molar-refractivity contribution in [3.8, 4) is 0 Å². The van der Waals surface area contributed by atoms with Gasteiger partial charge < -0.3 is 20.5 Å². The molecule has 1 aromatic carbocycles. The second-order valence-corrected chi connectivity index (χ2v) is 12.5. The van der Waals surface area contributed by atoms with Crippen LogP contribution in [0.25, 0.3) is 0 Å². The van der Waals surface area contributed by atoms with Crippen LogP contribution < -0.4 is 21.3 Å². The van der Waals surface area contributed by atoms with Crippen LogP contribution in [0.3, 0.4) is 0 Å². The third-order valence-electron chi connectivity index (χ3n) is 4.93. The first-order valence-electron chi connectivity index (χ1n) is 9.40. The van der Waals surface area contributed by atoms with Gasteiger partial charge in [-0.3, -0.25) is 4.68 Å². The minimum absolute atomic E-state index is 0. The summed E-state index contributed by atoms with van der Waals surface area (Å²) in [4.78, 5) is 7.98. The third kappa shape index (κ3) is 5.30. The fraction of sp³-hybridized carbons (Fsp3) is 0.278. The highest BCUT2D eigenvalue weighted by Gasteiger charge is 2.23. The van der Waals surface area contributed by atoms with Crippen molar-refractivity contribution in [2.45, 2.75) is 18.0 Å². The highest BCUT2D eigenvalue weighted by atomic mass is 35.5. The normalized spacial score (nSPS) is 13.4. The van der Waals surface area contributed by atoms with Crippen molar-refractivity contribution in [1.29, 1.82) is 0 Å². The average Bonchev–Trinajstić information content (AvgIpc) is 3.28. The van der Waals surface area contributed by atoms with E-state index in [1.54, 1.807) is 4.68 Å². The molecule has 10 nitrogen and oxygen atoms in total. The van der Waals surface area contributed by atoms with E-state index in [-0.39, 0.29) is 34.5 Å². The number of nitrogens with zero attached hydrogens (tertiary/aromatic N) is 4. The van der Waals surface area contributed by atoms with Crippen LogP contribution in [-0.2, 0) is 34.9 Å². The number of aryl methyl sites for hydroxylation is 1. The van der Waals surface area contributed by atoms with Crippen molar-refractivity contribution in [2.24, 2.45) is 7.05 Å². The van der Waals surface area contributed by atoms with Crippen LogP contribution in [0, 0.1) is 0 Å². The highest BCUT2D eigenvalue weighted by Crippen LogP contribution is 2.40. The van der Waals surface area contributed by atoms with Gasteiger partial charge in [-0.05, 0) is 31.5 Å². The van der Waals surface area contributed by atoms with Gasteiger partial charge in [-0.1, -0.05) is 11.6 Å². The van der Waals surface area contributed by atoms with Crippen LogP contribution in [0.4, 0.5) is 27.2 Å². The average molecular weight is 536 g/mol. The quantitative estimate of drug-likeness (QED) is 0.321. The largest absolute Gasteiger partial charge is 0.338 e. The van der Waals surface area contributed by atoms with Crippen molar-refractivity contribution < 1.29 is 16.9 Å². The molecular weight excluding hydrogens is 515 g/mol. The van der Waals surface area contributed by atoms with Gasteiger partial charge in [-0.15, -0.1) is 16.3 Å². The Balaban J connectivity index is 0.00000306. The smallest absolute Gasteiger partial charge is 0.332 e. The van der Waals surface area contributed by atoms with Gasteiger partial charge >= 0.3 is 10.2 Å². The van der Waals surface area contributed by atoms with Gasteiger partial charge in [0.25, 0.3) is 0 Å². The summed E-state index contributed by atoms with van der Waals surface area (Å²) in [5, 5.41) is 14.1. The van der Waals surface area contributed by atoms with E-state index < -0.39 is 22.3 Å². The molecule has 2 aromatic heterocycles. The maximum atomic E-state index is 13.5. The Morgan fingerprint density at radius 2 is 1.94 bits per heavy atom. The van der Waals surface area contributed by atoms with Gasteiger partial charge in [0.2, 0.25) is 5.95 Å². The molecule has 1 aliphatic rings. The monoisotopic (exact) mass is 535 g/mol. The first-order chi connectivity index (χ1) is 14.9. The molecule has 4 rings (SSSR count). The van der Waals surface area contributed by atoms with E-state index in [4.69, 9.17) is 11.6 Å². The van der Waals surface area contributed by atoms with E-state index in [2.05, 4.69) is 31.0 Å². The third-order valence-corrected chi connectivity index (χ3v) is 7.55. The van der Waals surface area contributed by atoms with E-state index in [9.17, 15) is 16.9 Å². The predicted molar refractivity (Wildman–Crippen MR) is 128 cm³/mol. The summed E-state index contributed by atoms with van der Waals surface area (Å²) in [7, 11) is -6.09. The maximum absolute atomic E-state index is 13.5. The molecule has 0 atom stereocenters. The number of rotatable bonds is 6. The molecule has 0 radical (unpaired) electrons. The molecule has 0 unspecified atom stereocenters. The molecular formula is C18H21Cl2FN7O3PS. The van der Waals surface area contributed by atoms with Gasteiger partial charge in [-0.25, -0.2) is 4.98 Å². The summed E-state index contributed by atoms with van der Waals surface area (Å²) in [5.74, 6) is 1.04. The minimum atomic E-state index is -4.95. The van der Waals surface area contributed by atoms with Crippen molar-refractivity contribution in [2.75, 3.05) is 24.0 Å². The number of nitrogens with one attached hydrogen (secondary N) is 3. The summed E-state index contributed by atoms with van der Waals surface area (Å²) < 4.78 is 50.6. The molecule has 0 saturated heterocycles. The Bertz CT molecular complexity index is 1380. The fourth-order valence-electron chi connectivity index (χ4n) is 3.38. The molecule has 15 heteroatoms. The number of anilines is 4. The Hall–Kier alpha value is -2.24. The van der Waals surface area contributed by atoms with Crippen LogP contribution in [0.1, 0.15) is 11.3 Å². The summed E-state index contributed by atoms with van der Waals surface area (Å²) in [6.45, 7) is 4.29. The molecule has 178 valence electrons. The SMILES string of the molecule is Cl.Cn1nc(Nc2ncc(Cl)c(Nc3ccc(S(=O)(=O)F)cc3P(C)(C)=O)n2)c2c1CNC2. The van der Waals surface area contributed by atoms with Crippen molar-refractivity contribution in [1.82, 2.24) is 25.1 Å². The Morgan fingerprint density at radius 1 is 1.21 bits per heavy atom. The van der Waals surface area contributed by atoms with Gasteiger partial charge in [-0.2, -0.15) is 18.5 Å². The topological polar surface area (TPSA) is 131 Å². The molecule has 3 aromatic rings. The van der Waals surface area contributed by atoms with Crippen LogP contribution in [0.15, 0.2) is 29.3 Å². The van der Waals surface area contributed by atoms with E-state index in [0.717, 1.165) is 29.9 Å². The van der Waals surface area contributed by atoms with Crippen molar-refractivity contribution >= 4 is 69.9 Å². The molecule has 0 bridgehead atoms. The van der Waals surface area contributed by atoms with Crippen LogP contribution in [0.2, 0.25) is 5.02 Å². The Kier molecular flexibility index (Phi) is 7.07. The molecule has 0 saturated carbocycles. The second kappa shape index (κ2) is 9.19. The van der Waals surface area contributed by atoms with E-state index in [0.29, 0.717) is 18.1 Å². The van der Waals surface area contributed by atoms with Crippen molar-refractivity contribution in [3.63, 3.8) is 0 Å². The van der Waals surface area contributed by atoms with E-state index in [1.807, 2.05) is 7.05 Å². The van der Waals surface area contributed by atoms with Gasteiger partial charge in [0.15, 0.2) is 11.6 Å². The number of benzene rings is 1. The zero-order valence-electron chi connectivity index (χ0n) is 17.8. The highest BCUT2D eigenvalue weighted by molar-refractivity contribution is 7.86. The number of fused-ring (bicyclic) bond motifs is 1. The summed E-state index contributed by atoms with van der Waals surface area (Å²) >= 11 is 6.25. The molecule has 0 fully saturated rings. The zero-order chi connectivity index (χ0) is 23.3. The minimum Gasteiger partial charge on any atom is -0.338 e. The fourth-order valence-corrected chi connectivity index (χ4v) is 5.25. The first-order valence-corrected chi connectivity index (χ1v) is 13.8. The lowest BCUT2D eigenvalue weighted by molar-refractivity contribution is 0.552. The first kappa shape index (κ1) is 25.4. The molecule has 0 aliphatic carbocycles. The van der Waals surface area contributed by atoms with Gasteiger partial charge in [0.1, 0.15) is 12.2 Å². The lowest BCUT2D eigenvalue weighted by Gasteiger charge is -2.16. The summed E-state index contributed by atoms with van der Waals surface area (Å²) in [6, 6.07) is 3.45. The molecule has 0 amide bonds. The molecule has 3 heterocycles. The summed E-state index contributed by atoms with van der Waals surface area (Å²) in [6.07, 6.45) is 1.39. The van der Waals surface area contributed by atoms with E-state index >= 15 is 0 Å². The molecule has 1 aliphatic heterocycles. The lowest BCUT2D eigenvalue weighted by Crippen LogP contribution is -2.13. The van der Waals surface area contributed by atoms with Gasteiger partial charge in [0, 0.05) is 31.0 Å². The molecule has 0 spiro atoms. The Labute approximate surface area is 201 Å².